The molecule has 2 heteroatoms. The van der Waals surface area contributed by atoms with Crippen LogP contribution in [0, 0.1) is 17.2 Å². The summed E-state index contributed by atoms with van der Waals surface area (Å²) < 4.78 is 4.89. The third kappa shape index (κ3) is 1.31. The minimum atomic E-state index is 0.407. The smallest absolute Gasteiger partial charge is 0.183 e. The zero-order valence-electron chi connectivity index (χ0n) is 6.68. The minimum Gasteiger partial charge on any atom is -0.484 e. The van der Waals surface area contributed by atoms with Crippen molar-refractivity contribution in [3.63, 3.8) is 0 Å². The Labute approximate surface area is 62.1 Å². The van der Waals surface area contributed by atoms with E-state index in [1.807, 2.05) is 0 Å². The molecule has 0 spiro atoms. The zero-order chi connectivity index (χ0) is 7.56. The summed E-state index contributed by atoms with van der Waals surface area (Å²) in [6, 6.07) is 0. The van der Waals surface area contributed by atoms with Crippen molar-refractivity contribution in [2.75, 3.05) is 7.11 Å². The molecule has 58 valence electrons. The van der Waals surface area contributed by atoms with Gasteiger partial charge in [0, 0.05) is 5.92 Å². The van der Waals surface area contributed by atoms with E-state index in [9.17, 15) is 0 Å². The second-order valence-corrected chi connectivity index (χ2v) is 3.08. The summed E-state index contributed by atoms with van der Waals surface area (Å²) in [5.41, 5.74) is 0. The number of hydrogen-bond acceptors (Lipinski definition) is 2. The number of hydrogen-bond donors (Lipinski definition) is 1. The van der Waals surface area contributed by atoms with Crippen LogP contribution in [0.2, 0.25) is 0 Å². The van der Waals surface area contributed by atoms with Gasteiger partial charge in [-0.1, -0.05) is 13.3 Å². The van der Waals surface area contributed by atoms with E-state index in [2.05, 4.69) is 6.92 Å². The van der Waals surface area contributed by atoms with Crippen LogP contribution in [0.25, 0.3) is 0 Å². The highest BCUT2D eigenvalue weighted by molar-refractivity contribution is 5.75. The molecule has 1 rings (SSSR count). The third-order valence-corrected chi connectivity index (χ3v) is 2.42. The molecule has 2 nitrogen and oxygen atoms in total. The summed E-state index contributed by atoms with van der Waals surface area (Å²) in [4.78, 5) is 0. The topological polar surface area (TPSA) is 33.1 Å². The van der Waals surface area contributed by atoms with Crippen molar-refractivity contribution in [2.45, 2.75) is 26.2 Å². The van der Waals surface area contributed by atoms with Gasteiger partial charge in [-0.25, -0.2) is 0 Å². The van der Waals surface area contributed by atoms with Crippen molar-refractivity contribution in [1.29, 1.82) is 5.41 Å². The van der Waals surface area contributed by atoms with E-state index in [0.717, 1.165) is 6.42 Å². The van der Waals surface area contributed by atoms with Gasteiger partial charge in [0.2, 0.25) is 0 Å². The largest absolute Gasteiger partial charge is 0.484 e. The second kappa shape index (κ2) is 3.04. The average molecular weight is 141 g/mol. The number of methoxy groups -OCH3 is 1. The molecule has 2 atom stereocenters. The van der Waals surface area contributed by atoms with E-state index >= 15 is 0 Å². The highest BCUT2D eigenvalue weighted by Crippen LogP contribution is 2.31. The van der Waals surface area contributed by atoms with Crippen LogP contribution in [0.1, 0.15) is 26.2 Å². The highest BCUT2D eigenvalue weighted by atomic mass is 16.5. The van der Waals surface area contributed by atoms with Crippen LogP contribution in [0.5, 0.6) is 0 Å². The Morgan fingerprint density at radius 3 is 2.60 bits per heavy atom. The predicted molar refractivity (Wildman–Crippen MR) is 41.2 cm³/mol. The van der Waals surface area contributed by atoms with E-state index in [4.69, 9.17) is 10.1 Å². The first-order chi connectivity index (χ1) is 4.75. The van der Waals surface area contributed by atoms with Crippen molar-refractivity contribution in [2.24, 2.45) is 11.8 Å². The normalized spacial score (nSPS) is 32.2. The lowest BCUT2D eigenvalue weighted by atomic mass is 9.98. The molecule has 0 radical (unpaired) electrons. The van der Waals surface area contributed by atoms with Gasteiger partial charge in [0.1, 0.15) is 0 Å². The lowest BCUT2D eigenvalue weighted by Crippen LogP contribution is -2.17. The summed E-state index contributed by atoms with van der Waals surface area (Å²) in [6.07, 6.45) is 3.67. The molecule has 1 aliphatic rings. The van der Waals surface area contributed by atoms with E-state index in [0.29, 0.717) is 17.7 Å². The molecule has 1 saturated carbocycles. The van der Waals surface area contributed by atoms with Crippen LogP contribution in [-0.2, 0) is 4.74 Å². The Hall–Kier alpha value is -0.530. The maximum absolute atomic E-state index is 7.44. The molecule has 2 unspecified atom stereocenters. The molecular weight excluding hydrogens is 126 g/mol. The van der Waals surface area contributed by atoms with Crippen LogP contribution >= 0.6 is 0 Å². The van der Waals surface area contributed by atoms with Crippen molar-refractivity contribution < 1.29 is 4.74 Å². The SMILES string of the molecule is COC(=N)C1CCCC1C. The Morgan fingerprint density at radius 1 is 1.50 bits per heavy atom. The standard InChI is InChI=1S/C8H15NO/c1-6-4-3-5-7(6)8(9)10-2/h6-7,9H,3-5H2,1-2H3. The summed E-state index contributed by atoms with van der Waals surface area (Å²) in [6.45, 7) is 2.20. The van der Waals surface area contributed by atoms with Crippen LogP contribution in [0.15, 0.2) is 0 Å². The van der Waals surface area contributed by atoms with Crippen molar-refractivity contribution in [1.82, 2.24) is 0 Å². The Kier molecular flexibility index (Phi) is 2.30. The summed E-state index contributed by atoms with van der Waals surface area (Å²) in [5, 5.41) is 7.44. The maximum atomic E-state index is 7.44. The molecule has 1 N–H and O–H groups in total. The van der Waals surface area contributed by atoms with Gasteiger partial charge in [-0.3, -0.25) is 5.41 Å². The Morgan fingerprint density at radius 2 is 2.20 bits per heavy atom. The van der Waals surface area contributed by atoms with Gasteiger partial charge in [0.25, 0.3) is 0 Å². The quantitative estimate of drug-likeness (QED) is 0.440. The van der Waals surface area contributed by atoms with E-state index in [1.54, 1.807) is 7.11 Å². The van der Waals surface area contributed by atoms with E-state index < -0.39 is 0 Å². The number of rotatable bonds is 1. The van der Waals surface area contributed by atoms with Gasteiger partial charge in [-0.2, -0.15) is 0 Å². The first kappa shape index (κ1) is 7.58. The van der Waals surface area contributed by atoms with Gasteiger partial charge in [0.15, 0.2) is 5.90 Å². The number of ether oxygens (including phenoxy) is 1. The fourth-order valence-electron chi connectivity index (χ4n) is 1.69. The molecule has 1 fully saturated rings. The van der Waals surface area contributed by atoms with E-state index in [-0.39, 0.29) is 0 Å². The van der Waals surface area contributed by atoms with Crippen molar-refractivity contribution in [3.8, 4) is 0 Å². The molecule has 0 aliphatic heterocycles. The molecule has 1 aliphatic carbocycles. The molecule has 0 bridgehead atoms. The molecule has 0 heterocycles. The average Bonchev–Trinajstić information content (AvgIpc) is 2.34. The Bertz CT molecular complexity index is 133. The van der Waals surface area contributed by atoms with Gasteiger partial charge < -0.3 is 4.74 Å². The minimum absolute atomic E-state index is 0.407. The molecule has 0 aromatic carbocycles. The van der Waals surface area contributed by atoms with Gasteiger partial charge >= 0.3 is 0 Å². The fraction of sp³-hybridized carbons (Fsp3) is 0.875. The second-order valence-electron chi connectivity index (χ2n) is 3.08. The van der Waals surface area contributed by atoms with Crippen molar-refractivity contribution in [3.05, 3.63) is 0 Å². The molecule has 0 amide bonds. The molecule has 0 saturated heterocycles. The first-order valence-corrected chi connectivity index (χ1v) is 3.88. The molecule has 10 heavy (non-hydrogen) atoms. The lowest BCUT2D eigenvalue weighted by Gasteiger charge is -2.14. The summed E-state index contributed by atoms with van der Waals surface area (Å²) in [5.74, 6) is 1.54. The lowest BCUT2D eigenvalue weighted by molar-refractivity contribution is 0.340. The van der Waals surface area contributed by atoms with Crippen LogP contribution < -0.4 is 0 Å². The summed E-state index contributed by atoms with van der Waals surface area (Å²) >= 11 is 0. The van der Waals surface area contributed by atoms with Gasteiger partial charge in [-0.15, -0.1) is 0 Å². The highest BCUT2D eigenvalue weighted by Gasteiger charge is 2.27. The maximum Gasteiger partial charge on any atom is 0.183 e. The first-order valence-electron chi connectivity index (χ1n) is 3.88. The van der Waals surface area contributed by atoms with Gasteiger partial charge in [0.05, 0.1) is 7.11 Å². The van der Waals surface area contributed by atoms with Crippen LogP contribution in [0.3, 0.4) is 0 Å². The monoisotopic (exact) mass is 141 g/mol. The third-order valence-electron chi connectivity index (χ3n) is 2.42. The fourth-order valence-corrected chi connectivity index (χ4v) is 1.69. The van der Waals surface area contributed by atoms with E-state index in [1.165, 1.54) is 12.8 Å². The predicted octanol–water partition coefficient (Wildman–Crippen LogP) is 2.05. The van der Waals surface area contributed by atoms with Crippen LogP contribution in [-0.4, -0.2) is 13.0 Å². The zero-order valence-corrected chi connectivity index (χ0v) is 6.68. The van der Waals surface area contributed by atoms with Crippen LogP contribution in [0.4, 0.5) is 0 Å². The number of nitrogens with one attached hydrogen (secondary N) is 1. The Balaban J connectivity index is 2.46. The van der Waals surface area contributed by atoms with Crippen molar-refractivity contribution >= 4 is 5.90 Å². The summed E-state index contributed by atoms with van der Waals surface area (Å²) in [7, 11) is 1.59. The molecule has 0 aromatic rings. The molecular formula is C8H15NO. The van der Waals surface area contributed by atoms with Gasteiger partial charge in [-0.05, 0) is 18.8 Å². The molecule has 0 aromatic heterocycles.